The highest BCUT2D eigenvalue weighted by Crippen LogP contribution is 2.37. The van der Waals surface area contributed by atoms with Gasteiger partial charge in [-0.3, -0.25) is 4.90 Å². The largest absolute Gasteiger partial charge is 0.490 e. The third-order valence-electron chi connectivity index (χ3n) is 5.33. The van der Waals surface area contributed by atoms with Crippen molar-refractivity contribution in [3.05, 3.63) is 0 Å². The number of ether oxygens (including phenoxy) is 1. The van der Waals surface area contributed by atoms with E-state index in [0.29, 0.717) is 22.8 Å². The molecule has 3 rings (SSSR count). The zero-order valence-corrected chi connectivity index (χ0v) is 23.6. The summed E-state index contributed by atoms with van der Waals surface area (Å²) in [5.74, 6) is 2.98. The molecule has 2 aliphatic rings. The summed E-state index contributed by atoms with van der Waals surface area (Å²) in [6.07, 6.45) is 3.90. The van der Waals surface area contributed by atoms with Gasteiger partial charge in [-0.15, -0.1) is 0 Å². The Morgan fingerprint density at radius 1 is 1.18 bits per heavy atom. The Hall–Kier alpha value is -1.66. The van der Waals surface area contributed by atoms with Gasteiger partial charge in [-0.1, -0.05) is 32.5 Å². The van der Waals surface area contributed by atoms with E-state index in [-0.39, 0.29) is 0 Å². The smallest absolute Gasteiger partial charge is 0.206 e. The van der Waals surface area contributed by atoms with Crippen molar-refractivity contribution in [1.82, 2.24) is 35.9 Å². The van der Waals surface area contributed by atoms with Crippen molar-refractivity contribution >= 4 is 29.2 Å². The molecule has 0 saturated carbocycles. The lowest BCUT2D eigenvalue weighted by Gasteiger charge is -2.36. The highest BCUT2D eigenvalue weighted by Gasteiger charge is 2.25. The third kappa shape index (κ3) is 9.53. The summed E-state index contributed by atoms with van der Waals surface area (Å²) >= 11 is 1.53. The Kier molecular flexibility index (Phi) is 15.1. The van der Waals surface area contributed by atoms with E-state index in [1.54, 1.807) is 7.11 Å². The summed E-state index contributed by atoms with van der Waals surface area (Å²) in [5, 5.41) is 3.47. The Bertz CT molecular complexity index is 725. The summed E-state index contributed by atoms with van der Waals surface area (Å²) in [4.78, 5) is 21.2. The van der Waals surface area contributed by atoms with Gasteiger partial charge < -0.3 is 25.3 Å². The minimum atomic E-state index is 0.399. The van der Waals surface area contributed by atoms with Crippen molar-refractivity contribution in [2.45, 2.75) is 44.8 Å². The molecule has 0 amide bonds. The van der Waals surface area contributed by atoms with E-state index < -0.39 is 0 Å². The lowest BCUT2D eigenvalue weighted by molar-refractivity contribution is 0.228. The van der Waals surface area contributed by atoms with Gasteiger partial charge in [0.25, 0.3) is 0 Å². The van der Waals surface area contributed by atoms with Crippen LogP contribution in [-0.4, -0.2) is 112 Å². The van der Waals surface area contributed by atoms with Crippen LogP contribution in [0.4, 0.5) is 11.6 Å². The number of hydrogen-bond acceptors (Lipinski definition) is 10. The predicted molar refractivity (Wildman–Crippen MR) is 146 cm³/mol. The van der Waals surface area contributed by atoms with Crippen molar-refractivity contribution in [3.63, 3.8) is 0 Å². The van der Waals surface area contributed by atoms with Crippen molar-refractivity contribution in [2.75, 3.05) is 85.7 Å². The number of nitrogens with zero attached hydrogens (tertiary/aromatic N) is 6. The topological polar surface area (TPSA) is 93.2 Å². The lowest BCUT2D eigenvalue weighted by atomic mass is 10.2. The number of amidine groups is 1. The molecule has 2 saturated heterocycles. The summed E-state index contributed by atoms with van der Waals surface area (Å²) in [6, 6.07) is 0.399. The first-order chi connectivity index (χ1) is 16.4. The number of methoxy groups -OCH3 is 1. The number of hydrazine groups is 1. The van der Waals surface area contributed by atoms with Crippen LogP contribution in [0.2, 0.25) is 0 Å². The summed E-state index contributed by atoms with van der Waals surface area (Å²) in [7, 11) is 9.66. The standard InChI is InChI=1S/C19H34N8OS.C2H7N.C2H6/c1-6-14-13-15(24-23-14)20-17-16(28-4)18(22-19(21-17)29-5)27-11-9-26(10-12-27)8-7-25(2)3;1-3-2;1-2/h14,23H,6-13H2,1-5H3,(H,20,21,22,24);3H,1-2H3;1-2H3. The second-order valence-electron chi connectivity index (χ2n) is 8.16. The second kappa shape index (κ2) is 16.9. The molecule has 34 heavy (non-hydrogen) atoms. The average molecular weight is 498 g/mol. The van der Waals surface area contributed by atoms with E-state index >= 15 is 0 Å². The van der Waals surface area contributed by atoms with Gasteiger partial charge in [-0.05, 0) is 40.9 Å². The fourth-order valence-corrected chi connectivity index (χ4v) is 3.82. The Morgan fingerprint density at radius 2 is 1.82 bits per heavy atom. The molecule has 0 aromatic carbocycles. The van der Waals surface area contributed by atoms with Crippen LogP contribution in [-0.2, 0) is 0 Å². The molecular formula is C23H47N9OS. The number of hydrogen-bond donors (Lipinski definition) is 3. The van der Waals surface area contributed by atoms with Gasteiger partial charge in [0.1, 0.15) is 5.84 Å². The minimum Gasteiger partial charge on any atom is -0.490 e. The molecule has 2 fully saturated rings. The summed E-state index contributed by atoms with van der Waals surface area (Å²) in [5.41, 5.74) is 6.43. The van der Waals surface area contributed by atoms with Crippen molar-refractivity contribution in [1.29, 1.82) is 0 Å². The predicted octanol–water partition coefficient (Wildman–Crippen LogP) is 2.06. The van der Waals surface area contributed by atoms with Crippen molar-refractivity contribution in [2.24, 2.45) is 4.99 Å². The van der Waals surface area contributed by atoms with E-state index in [4.69, 9.17) is 14.7 Å². The zero-order chi connectivity index (χ0) is 25.5. The van der Waals surface area contributed by atoms with Crippen LogP contribution in [0.1, 0.15) is 33.6 Å². The molecule has 1 aromatic rings. The SMILES string of the molecule is CC.CCC1C/C(=N\c2nc(SC)nc(N3CCN(CCN(C)C)CC3)c2OC)NN1.CNC. The Labute approximate surface area is 211 Å². The normalized spacial score (nSPS) is 19.3. The van der Waals surface area contributed by atoms with Crippen LogP contribution in [0.3, 0.4) is 0 Å². The molecule has 2 aliphatic heterocycles. The monoisotopic (exact) mass is 497 g/mol. The third-order valence-corrected chi connectivity index (χ3v) is 5.87. The molecular weight excluding hydrogens is 450 g/mol. The molecule has 1 unspecified atom stereocenters. The van der Waals surface area contributed by atoms with Crippen LogP contribution >= 0.6 is 11.8 Å². The van der Waals surface area contributed by atoms with Crippen LogP contribution in [0.25, 0.3) is 0 Å². The first kappa shape index (κ1) is 30.4. The molecule has 0 spiro atoms. The van der Waals surface area contributed by atoms with E-state index in [9.17, 15) is 0 Å². The van der Waals surface area contributed by atoms with E-state index in [0.717, 1.165) is 63.8 Å². The number of nitrogens with one attached hydrogen (secondary N) is 3. The zero-order valence-electron chi connectivity index (χ0n) is 22.7. The molecule has 10 nitrogen and oxygen atoms in total. The second-order valence-corrected chi connectivity index (χ2v) is 8.93. The van der Waals surface area contributed by atoms with Gasteiger partial charge in [-0.25, -0.2) is 15.4 Å². The van der Waals surface area contributed by atoms with E-state index in [2.05, 4.69) is 56.9 Å². The summed E-state index contributed by atoms with van der Waals surface area (Å²) < 4.78 is 5.75. The maximum absolute atomic E-state index is 5.75. The molecule has 3 N–H and O–H groups in total. The molecule has 0 radical (unpaired) electrons. The molecule has 11 heteroatoms. The molecule has 1 aromatic heterocycles. The van der Waals surface area contributed by atoms with Crippen molar-refractivity contribution in [3.8, 4) is 5.75 Å². The highest BCUT2D eigenvalue weighted by atomic mass is 32.2. The number of thioether (sulfide) groups is 1. The minimum absolute atomic E-state index is 0.399. The van der Waals surface area contributed by atoms with Crippen molar-refractivity contribution < 1.29 is 4.74 Å². The van der Waals surface area contributed by atoms with Crippen LogP contribution < -0.4 is 25.8 Å². The van der Waals surface area contributed by atoms with Gasteiger partial charge in [0.2, 0.25) is 11.6 Å². The number of piperazine rings is 1. The number of anilines is 1. The number of rotatable bonds is 8. The maximum Gasteiger partial charge on any atom is 0.206 e. The molecule has 1 atom stereocenters. The number of aromatic nitrogens is 2. The van der Waals surface area contributed by atoms with E-state index in [1.165, 1.54) is 11.8 Å². The summed E-state index contributed by atoms with van der Waals surface area (Å²) in [6.45, 7) is 12.2. The van der Waals surface area contributed by atoms with Gasteiger partial charge in [0, 0.05) is 51.7 Å². The average Bonchev–Trinajstić information content (AvgIpc) is 3.32. The highest BCUT2D eigenvalue weighted by molar-refractivity contribution is 7.98. The van der Waals surface area contributed by atoms with Crippen LogP contribution in [0.5, 0.6) is 5.75 Å². The molecule has 0 aliphatic carbocycles. The van der Waals surface area contributed by atoms with Gasteiger partial charge in [0.05, 0.1) is 7.11 Å². The van der Waals surface area contributed by atoms with Gasteiger partial charge >= 0.3 is 0 Å². The van der Waals surface area contributed by atoms with Crippen LogP contribution in [0, 0.1) is 0 Å². The number of likely N-dealkylation sites (N-methyl/N-ethyl adjacent to an activating group) is 1. The first-order valence-electron chi connectivity index (χ1n) is 12.2. The fraction of sp³-hybridized carbons (Fsp3) is 0.783. The van der Waals surface area contributed by atoms with Crippen LogP contribution in [0.15, 0.2) is 10.1 Å². The first-order valence-corrected chi connectivity index (χ1v) is 13.5. The molecule has 0 bridgehead atoms. The van der Waals surface area contributed by atoms with Gasteiger partial charge in [-0.2, -0.15) is 4.98 Å². The quantitative estimate of drug-likeness (QED) is 0.366. The molecule has 196 valence electrons. The van der Waals surface area contributed by atoms with Gasteiger partial charge in [0.15, 0.2) is 11.0 Å². The maximum atomic E-state index is 5.75. The lowest BCUT2D eigenvalue weighted by Crippen LogP contribution is -2.48. The van der Waals surface area contributed by atoms with E-state index in [1.807, 2.05) is 34.2 Å². The number of aliphatic imine (C=N–C) groups is 1. The Morgan fingerprint density at radius 3 is 2.32 bits per heavy atom. The molecule has 3 heterocycles. The fourth-order valence-electron chi connectivity index (χ4n) is 3.47. The Balaban J connectivity index is 0.00000107.